The Morgan fingerprint density at radius 3 is 2.38 bits per heavy atom. The highest BCUT2D eigenvalue weighted by Crippen LogP contribution is 2.41. The van der Waals surface area contributed by atoms with Gasteiger partial charge in [0.05, 0.1) is 33.3 Å². The van der Waals surface area contributed by atoms with Crippen molar-refractivity contribution in [2.75, 3.05) is 0 Å². The summed E-state index contributed by atoms with van der Waals surface area (Å²) in [6, 6.07) is 17.2. The SMILES string of the molecule is Cc1ccc(S(=O)(=O)n2ncc3c(-c4c(C)n(-c5ccc([N+](=O)[O-])cc5F)c5ncccc45)c(C)ccc32)cc1. The molecular formula is C29H22FN5O4S. The van der Waals surface area contributed by atoms with E-state index in [1.54, 1.807) is 47.2 Å². The maximum Gasteiger partial charge on any atom is 0.283 e. The molecule has 0 radical (unpaired) electrons. The third kappa shape index (κ3) is 3.77. The van der Waals surface area contributed by atoms with Gasteiger partial charge >= 0.3 is 0 Å². The molecule has 3 heterocycles. The highest BCUT2D eigenvalue weighted by molar-refractivity contribution is 7.90. The Morgan fingerprint density at radius 1 is 0.925 bits per heavy atom. The number of rotatable bonds is 5. The number of hydrogen-bond donors (Lipinski definition) is 0. The van der Waals surface area contributed by atoms with E-state index < -0.39 is 20.8 Å². The van der Waals surface area contributed by atoms with E-state index in [-0.39, 0.29) is 16.3 Å². The molecule has 0 bridgehead atoms. The average molecular weight is 556 g/mol. The van der Waals surface area contributed by atoms with E-state index in [4.69, 9.17) is 0 Å². The monoisotopic (exact) mass is 555 g/mol. The van der Waals surface area contributed by atoms with Crippen LogP contribution in [-0.2, 0) is 10.0 Å². The zero-order chi connectivity index (χ0) is 28.3. The fourth-order valence-electron chi connectivity index (χ4n) is 5.16. The third-order valence-electron chi connectivity index (χ3n) is 7.07. The molecule has 6 aromatic rings. The van der Waals surface area contributed by atoms with E-state index in [1.807, 2.05) is 32.9 Å². The number of benzene rings is 3. The summed E-state index contributed by atoms with van der Waals surface area (Å²) in [6.45, 7) is 5.60. The molecule has 6 rings (SSSR count). The van der Waals surface area contributed by atoms with Gasteiger partial charge in [0, 0.05) is 34.3 Å². The van der Waals surface area contributed by atoms with E-state index in [0.717, 1.165) is 32.4 Å². The van der Waals surface area contributed by atoms with Crippen molar-refractivity contribution in [2.45, 2.75) is 25.7 Å². The summed E-state index contributed by atoms with van der Waals surface area (Å²) in [5, 5.41) is 16.8. The van der Waals surface area contributed by atoms with Gasteiger partial charge in [-0.1, -0.05) is 23.8 Å². The number of nitro groups is 1. The lowest BCUT2D eigenvalue weighted by Crippen LogP contribution is -2.14. The number of halogens is 1. The largest absolute Gasteiger partial charge is 0.295 e. The zero-order valence-electron chi connectivity index (χ0n) is 21.7. The van der Waals surface area contributed by atoms with Crippen molar-refractivity contribution in [2.24, 2.45) is 0 Å². The van der Waals surface area contributed by atoms with Gasteiger partial charge in [-0.2, -0.15) is 17.6 Å². The van der Waals surface area contributed by atoms with Crippen molar-refractivity contribution >= 4 is 37.6 Å². The number of aromatic nitrogens is 4. The normalized spacial score (nSPS) is 11.9. The standard InChI is InChI=1S/C29H22FN5O4S/c1-17-6-10-21(11-7-17)40(38,39)34-25-12-8-18(2)27(23(25)16-32-34)28-19(3)33(29-22(28)5-4-14-31-29)26-13-9-20(35(36)37)15-24(26)30/h4-16H,1-3H3. The summed E-state index contributed by atoms with van der Waals surface area (Å²) < 4.78 is 44.9. The Kier molecular flexibility index (Phi) is 5.77. The molecule has 3 aromatic heterocycles. The predicted octanol–water partition coefficient (Wildman–Crippen LogP) is 6.25. The van der Waals surface area contributed by atoms with Crippen LogP contribution in [0.1, 0.15) is 16.8 Å². The van der Waals surface area contributed by atoms with Gasteiger partial charge in [-0.25, -0.2) is 9.37 Å². The molecule has 0 aliphatic rings. The second-order valence-corrected chi connectivity index (χ2v) is 11.3. The summed E-state index contributed by atoms with van der Waals surface area (Å²) in [5.41, 5.74) is 4.50. The lowest BCUT2D eigenvalue weighted by atomic mass is 9.95. The molecule has 0 unspecified atom stereocenters. The van der Waals surface area contributed by atoms with E-state index in [9.17, 15) is 18.5 Å². The smallest absolute Gasteiger partial charge is 0.283 e. The van der Waals surface area contributed by atoms with Crippen LogP contribution in [0.15, 0.2) is 84.0 Å². The topological polar surface area (TPSA) is 113 Å². The van der Waals surface area contributed by atoms with Crippen LogP contribution in [0.2, 0.25) is 0 Å². The number of nitrogens with zero attached hydrogens (tertiary/aromatic N) is 5. The van der Waals surface area contributed by atoms with Crippen molar-refractivity contribution in [3.05, 3.63) is 112 Å². The molecule has 11 heteroatoms. The van der Waals surface area contributed by atoms with Crippen LogP contribution < -0.4 is 0 Å². The van der Waals surface area contributed by atoms with Gasteiger partial charge in [-0.15, -0.1) is 0 Å². The molecule has 0 aliphatic carbocycles. The van der Waals surface area contributed by atoms with Crippen molar-refractivity contribution in [3.63, 3.8) is 0 Å². The second kappa shape index (κ2) is 9.09. The molecule has 0 atom stereocenters. The average Bonchev–Trinajstić information content (AvgIpc) is 3.48. The molecule has 0 fully saturated rings. The lowest BCUT2D eigenvalue weighted by molar-refractivity contribution is -0.385. The summed E-state index contributed by atoms with van der Waals surface area (Å²) in [5.74, 6) is -0.765. The van der Waals surface area contributed by atoms with E-state index in [2.05, 4.69) is 10.1 Å². The maximum atomic E-state index is 15.2. The molecular weight excluding hydrogens is 533 g/mol. The Hall–Kier alpha value is -4.90. The molecule has 0 spiro atoms. The number of pyridine rings is 1. The van der Waals surface area contributed by atoms with Gasteiger partial charge in [-0.05, 0) is 68.3 Å². The Morgan fingerprint density at radius 2 is 1.68 bits per heavy atom. The van der Waals surface area contributed by atoms with Gasteiger partial charge in [0.25, 0.3) is 15.7 Å². The van der Waals surface area contributed by atoms with E-state index in [1.165, 1.54) is 18.3 Å². The molecule has 0 amide bonds. The first-order chi connectivity index (χ1) is 19.1. The first-order valence-electron chi connectivity index (χ1n) is 12.3. The fourth-order valence-corrected chi connectivity index (χ4v) is 6.43. The van der Waals surface area contributed by atoms with Crippen LogP contribution in [-0.4, -0.2) is 32.1 Å². The van der Waals surface area contributed by atoms with Crippen LogP contribution >= 0.6 is 0 Å². The summed E-state index contributed by atoms with van der Waals surface area (Å²) in [7, 11) is -3.97. The second-order valence-electron chi connectivity index (χ2n) is 9.56. The van der Waals surface area contributed by atoms with Gasteiger partial charge in [0.1, 0.15) is 5.65 Å². The van der Waals surface area contributed by atoms with Crippen molar-refractivity contribution in [1.29, 1.82) is 0 Å². The number of non-ortho nitro benzene ring substituents is 1. The lowest BCUT2D eigenvalue weighted by Gasteiger charge is -2.12. The molecule has 0 saturated heterocycles. The first-order valence-corrected chi connectivity index (χ1v) is 13.7. The van der Waals surface area contributed by atoms with E-state index >= 15 is 4.39 Å². The van der Waals surface area contributed by atoms with Crippen molar-refractivity contribution in [3.8, 4) is 16.8 Å². The summed E-state index contributed by atoms with van der Waals surface area (Å²) in [4.78, 5) is 15.2. The van der Waals surface area contributed by atoms with Crippen LogP contribution in [0.3, 0.4) is 0 Å². The molecule has 3 aromatic carbocycles. The van der Waals surface area contributed by atoms with Gasteiger partial charge in [0.2, 0.25) is 0 Å². The highest BCUT2D eigenvalue weighted by atomic mass is 32.2. The van der Waals surface area contributed by atoms with Crippen molar-refractivity contribution in [1.82, 2.24) is 18.7 Å². The van der Waals surface area contributed by atoms with E-state index in [0.29, 0.717) is 27.6 Å². The molecule has 0 aliphatic heterocycles. The minimum atomic E-state index is -3.97. The number of fused-ring (bicyclic) bond motifs is 2. The Labute approximate surface area is 228 Å². The molecule has 40 heavy (non-hydrogen) atoms. The number of aryl methyl sites for hydroxylation is 2. The van der Waals surface area contributed by atoms with Gasteiger partial charge in [-0.3, -0.25) is 14.7 Å². The number of hydrogen-bond acceptors (Lipinski definition) is 6. The van der Waals surface area contributed by atoms with Crippen LogP contribution in [0.4, 0.5) is 10.1 Å². The summed E-state index contributed by atoms with van der Waals surface area (Å²) in [6.07, 6.45) is 3.11. The zero-order valence-corrected chi connectivity index (χ0v) is 22.5. The minimum Gasteiger partial charge on any atom is -0.295 e. The van der Waals surface area contributed by atoms with Crippen LogP contribution in [0, 0.1) is 36.7 Å². The molecule has 9 nitrogen and oxygen atoms in total. The highest BCUT2D eigenvalue weighted by Gasteiger charge is 2.26. The number of nitro benzene ring substituents is 1. The van der Waals surface area contributed by atoms with Crippen LogP contribution in [0.5, 0.6) is 0 Å². The van der Waals surface area contributed by atoms with Gasteiger partial charge < -0.3 is 0 Å². The van der Waals surface area contributed by atoms with Crippen LogP contribution in [0.25, 0.3) is 38.8 Å². The molecule has 0 N–H and O–H groups in total. The fraction of sp³-hybridized carbons (Fsp3) is 0.103. The predicted molar refractivity (Wildman–Crippen MR) is 150 cm³/mol. The Balaban J connectivity index is 1.62. The minimum absolute atomic E-state index is 0.112. The Bertz CT molecular complexity index is 2100. The molecule has 200 valence electrons. The third-order valence-corrected chi connectivity index (χ3v) is 8.69. The van der Waals surface area contributed by atoms with Gasteiger partial charge in [0.15, 0.2) is 5.82 Å². The first kappa shape index (κ1) is 25.4. The maximum absolute atomic E-state index is 15.2. The molecule has 0 saturated carbocycles. The quantitative estimate of drug-likeness (QED) is 0.184. The van der Waals surface area contributed by atoms with Crippen molar-refractivity contribution < 1.29 is 17.7 Å². The summed E-state index contributed by atoms with van der Waals surface area (Å²) >= 11 is 0.